The number of nitrogens with zero attached hydrogens (tertiary/aromatic N) is 1. The summed E-state index contributed by atoms with van der Waals surface area (Å²) in [7, 11) is 0. The van der Waals surface area contributed by atoms with Gasteiger partial charge in [0.1, 0.15) is 0 Å². The maximum Gasteiger partial charge on any atom is 0.0570 e. The largest absolute Gasteiger partial charge is 0.308 e. The van der Waals surface area contributed by atoms with Gasteiger partial charge in [-0.1, -0.05) is 19.9 Å². The van der Waals surface area contributed by atoms with E-state index in [4.69, 9.17) is 0 Å². The van der Waals surface area contributed by atoms with Gasteiger partial charge in [0, 0.05) is 24.5 Å². The summed E-state index contributed by atoms with van der Waals surface area (Å²) in [5, 5.41) is 3.49. The second-order valence-electron chi connectivity index (χ2n) is 4.40. The average Bonchev–Trinajstić information content (AvgIpc) is 2.29. The lowest BCUT2D eigenvalue weighted by Gasteiger charge is -2.13. The molecule has 0 aliphatic heterocycles. The number of pyridine rings is 1. The van der Waals surface area contributed by atoms with E-state index in [1.165, 1.54) is 11.5 Å². The molecule has 1 unspecified atom stereocenters. The molecular weight excluding hydrogens is 216 g/mol. The minimum Gasteiger partial charge on any atom is -0.308 e. The summed E-state index contributed by atoms with van der Waals surface area (Å²) >= 11 is 2.02. The Morgan fingerprint density at radius 1 is 1.31 bits per heavy atom. The van der Waals surface area contributed by atoms with Crippen molar-refractivity contribution in [2.24, 2.45) is 5.92 Å². The van der Waals surface area contributed by atoms with Crippen LogP contribution in [-0.4, -0.2) is 23.0 Å². The molecule has 0 bridgehead atoms. The first-order valence-corrected chi connectivity index (χ1v) is 7.07. The van der Waals surface area contributed by atoms with Gasteiger partial charge in [-0.2, -0.15) is 11.8 Å². The summed E-state index contributed by atoms with van der Waals surface area (Å²) in [5.74, 6) is 3.22. The van der Waals surface area contributed by atoms with Crippen LogP contribution in [0.25, 0.3) is 0 Å². The van der Waals surface area contributed by atoms with E-state index in [1.54, 1.807) is 0 Å². The van der Waals surface area contributed by atoms with Crippen molar-refractivity contribution in [2.45, 2.75) is 26.8 Å². The van der Waals surface area contributed by atoms with E-state index in [-0.39, 0.29) is 0 Å². The Balaban J connectivity index is 2.14. The van der Waals surface area contributed by atoms with Gasteiger partial charge >= 0.3 is 0 Å². The molecule has 0 spiro atoms. The molecule has 0 fully saturated rings. The Kier molecular flexibility index (Phi) is 6.50. The van der Waals surface area contributed by atoms with Crippen molar-refractivity contribution in [1.29, 1.82) is 0 Å². The number of aromatic nitrogens is 1. The van der Waals surface area contributed by atoms with Crippen molar-refractivity contribution in [3.8, 4) is 0 Å². The van der Waals surface area contributed by atoms with Gasteiger partial charge in [0.05, 0.1) is 5.69 Å². The smallest absolute Gasteiger partial charge is 0.0570 e. The maximum absolute atomic E-state index is 4.34. The molecule has 0 aliphatic carbocycles. The third-order valence-corrected chi connectivity index (χ3v) is 3.67. The van der Waals surface area contributed by atoms with E-state index in [0.717, 1.165) is 18.2 Å². The first kappa shape index (κ1) is 13.5. The van der Waals surface area contributed by atoms with E-state index < -0.39 is 0 Å². The Morgan fingerprint density at radius 2 is 2.12 bits per heavy atom. The van der Waals surface area contributed by atoms with E-state index in [0.29, 0.717) is 6.04 Å². The fourth-order valence-electron chi connectivity index (χ4n) is 1.40. The third kappa shape index (κ3) is 5.52. The van der Waals surface area contributed by atoms with E-state index in [2.05, 4.69) is 37.1 Å². The first-order chi connectivity index (χ1) is 7.70. The summed E-state index contributed by atoms with van der Waals surface area (Å²) in [4.78, 5) is 4.34. The van der Waals surface area contributed by atoms with Crippen LogP contribution in [0, 0.1) is 5.92 Å². The lowest BCUT2D eigenvalue weighted by molar-refractivity contribution is 0.586. The highest BCUT2D eigenvalue weighted by molar-refractivity contribution is 7.99. The zero-order valence-electron chi connectivity index (χ0n) is 10.4. The van der Waals surface area contributed by atoms with Crippen LogP contribution in [0.4, 0.5) is 0 Å². The van der Waals surface area contributed by atoms with E-state index >= 15 is 0 Å². The quantitative estimate of drug-likeness (QED) is 0.739. The molecular formula is C13H22N2S. The molecule has 0 saturated carbocycles. The molecule has 0 saturated heterocycles. The average molecular weight is 238 g/mol. The van der Waals surface area contributed by atoms with Gasteiger partial charge in [-0.3, -0.25) is 4.98 Å². The zero-order chi connectivity index (χ0) is 11.8. The van der Waals surface area contributed by atoms with Crippen LogP contribution in [-0.2, 0) is 0 Å². The van der Waals surface area contributed by atoms with Crippen LogP contribution >= 0.6 is 11.8 Å². The van der Waals surface area contributed by atoms with E-state index in [9.17, 15) is 0 Å². The van der Waals surface area contributed by atoms with Gasteiger partial charge in [0.15, 0.2) is 0 Å². The molecule has 1 N–H and O–H groups in total. The summed E-state index contributed by atoms with van der Waals surface area (Å²) in [6.45, 7) is 7.73. The second-order valence-corrected chi connectivity index (χ2v) is 5.55. The Morgan fingerprint density at radius 3 is 2.75 bits per heavy atom. The molecule has 0 aromatic carbocycles. The third-order valence-electron chi connectivity index (χ3n) is 2.28. The normalized spacial score (nSPS) is 13.0. The van der Waals surface area contributed by atoms with Crippen LogP contribution < -0.4 is 5.32 Å². The van der Waals surface area contributed by atoms with Crippen LogP contribution in [0.5, 0.6) is 0 Å². The summed E-state index contributed by atoms with van der Waals surface area (Å²) in [5.41, 5.74) is 1.12. The topological polar surface area (TPSA) is 24.9 Å². The molecule has 1 atom stereocenters. The van der Waals surface area contributed by atoms with Gasteiger partial charge < -0.3 is 5.32 Å². The van der Waals surface area contributed by atoms with Crippen molar-refractivity contribution in [3.63, 3.8) is 0 Å². The molecule has 3 heteroatoms. The molecule has 1 heterocycles. The molecule has 0 radical (unpaired) electrons. The minimum atomic E-state index is 0.348. The SMILES string of the molecule is CC(C)CSCCNC(C)c1ccccn1. The van der Waals surface area contributed by atoms with Gasteiger partial charge in [0.2, 0.25) is 0 Å². The van der Waals surface area contributed by atoms with Gasteiger partial charge in [-0.15, -0.1) is 0 Å². The monoisotopic (exact) mass is 238 g/mol. The van der Waals surface area contributed by atoms with Crippen LogP contribution in [0.15, 0.2) is 24.4 Å². The number of nitrogens with one attached hydrogen (secondary N) is 1. The second kappa shape index (κ2) is 7.69. The first-order valence-electron chi connectivity index (χ1n) is 5.92. The number of hydrogen-bond donors (Lipinski definition) is 1. The lowest BCUT2D eigenvalue weighted by atomic mass is 10.2. The maximum atomic E-state index is 4.34. The summed E-state index contributed by atoms with van der Waals surface area (Å²) in [6, 6.07) is 6.41. The molecule has 90 valence electrons. The lowest BCUT2D eigenvalue weighted by Crippen LogP contribution is -2.22. The highest BCUT2D eigenvalue weighted by atomic mass is 32.2. The van der Waals surface area contributed by atoms with Crippen molar-refractivity contribution in [1.82, 2.24) is 10.3 Å². The zero-order valence-corrected chi connectivity index (χ0v) is 11.3. The van der Waals surface area contributed by atoms with Crippen LogP contribution in [0.3, 0.4) is 0 Å². The van der Waals surface area contributed by atoms with Gasteiger partial charge in [0.25, 0.3) is 0 Å². The van der Waals surface area contributed by atoms with Crippen molar-refractivity contribution >= 4 is 11.8 Å². The van der Waals surface area contributed by atoms with Crippen molar-refractivity contribution < 1.29 is 0 Å². The summed E-state index contributed by atoms with van der Waals surface area (Å²) < 4.78 is 0. The summed E-state index contributed by atoms with van der Waals surface area (Å²) in [6.07, 6.45) is 1.85. The molecule has 16 heavy (non-hydrogen) atoms. The molecule has 1 rings (SSSR count). The minimum absolute atomic E-state index is 0.348. The molecule has 0 amide bonds. The fourth-order valence-corrected chi connectivity index (χ4v) is 2.30. The Labute approximate surface area is 103 Å². The standard InChI is InChI=1S/C13H22N2S/c1-11(2)10-16-9-8-14-12(3)13-6-4-5-7-15-13/h4-7,11-12,14H,8-10H2,1-3H3. The number of thioether (sulfide) groups is 1. The molecule has 0 aliphatic rings. The van der Waals surface area contributed by atoms with Crippen molar-refractivity contribution in [2.75, 3.05) is 18.1 Å². The number of hydrogen-bond acceptors (Lipinski definition) is 3. The van der Waals surface area contributed by atoms with Crippen LogP contribution in [0.2, 0.25) is 0 Å². The van der Waals surface area contributed by atoms with E-state index in [1.807, 2.05) is 30.1 Å². The fraction of sp³-hybridized carbons (Fsp3) is 0.615. The molecule has 1 aromatic heterocycles. The molecule has 2 nitrogen and oxygen atoms in total. The highest BCUT2D eigenvalue weighted by Gasteiger charge is 2.04. The molecule has 1 aromatic rings. The predicted molar refractivity (Wildman–Crippen MR) is 72.8 cm³/mol. The Bertz CT molecular complexity index is 275. The van der Waals surface area contributed by atoms with Crippen molar-refractivity contribution in [3.05, 3.63) is 30.1 Å². The Hall–Kier alpha value is -0.540. The van der Waals surface area contributed by atoms with Crippen LogP contribution in [0.1, 0.15) is 32.5 Å². The number of rotatable bonds is 7. The van der Waals surface area contributed by atoms with Gasteiger partial charge in [-0.25, -0.2) is 0 Å². The highest BCUT2D eigenvalue weighted by Crippen LogP contribution is 2.09. The van der Waals surface area contributed by atoms with Gasteiger partial charge in [-0.05, 0) is 30.7 Å². The predicted octanol–water partition coefficient (Wildman–Crippen LogP) is 3.12.